The minimum absolute atomic E-state index is 0.480. The van der Waals surface area contributed by atoms with Crippen LogP contribution in [0.3, 0.4) is 0 Å². The summed E-state index contributed by atoms with van der Waals surface area (Å²) in [5.41, 5.74) is 12.0. The SMILES string of the molecule is Cc1cccc(NC(=S)NN=C2c3ccccc3-c3ccccc32)c1C. The second-order valence-corrected chi connectivity index (χ2v) is 6.77. The molecule has 0 aromatic heterocycles. The van der Waals surface area contributed by atoms with E-state index in [1.54, 1.807) is 0 Å². The van der Waals surface area contributed by atoms with E-state index in [0.717, 1.165) is 22.5 Å². The lowest BCUT2D eigenvalue weighted by molar-refractivity contribution is 1.04. The zero-order chi connectivity index (χ0) is 18.1. The van der Waals surface area contributed by atoms with E-state index in [1.807, 2.05) is 24.3 Å². The molecular formula is C22H19N3S. The number of nitrogens with zero attached hydrogens (tertiary/aromatic N) is 1. The summed E-state index contributed by atoms with van der Waals surface area (Å²) in [6.07, 6.45) is 0. The molecule has 0 spiro atoms. The summed E-state index contributed by atoms with van der Waals surface area (Å²) < 4.78 is 0. The van der Waals surface area contributed by atoms with Crippen molar-refractivity contribution in [2.24, 2.45) is 5.10 Å². The summed E-state index contributed by atoms with van der Waals surface area (Å²) in [6, 6.07) is 22.7. The van der Waals surface area contributed by atoms with Gasteiger partial charge in [0.1, 0.15) is 0 Å². The van der Waals surface area contributed by atoms with Crippen molar-refractivity contribution < 1.29 is 0 Å². The average Bonchev–Trinajstić information content (AvgIpc) is 2.98. The van der Waals surface area contributed by atoms with Crippen molar-refractivity contribution in [2.75, 3.05) is 5.32 Å². The van der Waals surface area contributed by atoms with E-state index in [2.05, 4.69) is 72.2 Å². The molecule has 0 unspecified atom stereocenters. The van der Waals surface area contributed by atoms with Gasteiger partial charge in [0.05, 0.1) is 5.71 Å². The van der Waals surface area contributed by atoms with Crippen LogP contribution >= 0.6 is 12.2 Å². The lowest BCUT2D eigenvalue weighted by Gasteiger charge is -2.12. The number of hydrogen-bond acceptors (Lipinski definition) is 2. The first kappa shape index (κ1) is 16.5. The molecule has 3 aromatic rings. The summed E-state index contributed by atoms with van der Waals surface area (Å²) >= 11 is 5.44. The fourth-order valence-electron chi connectivity index (χ4n) is 3.26. The summed E-state index contributed by atoms with van der Waals surface area (Å²) in [5.74, 6) is 0. The van der Waals surface area contributed by atoms with E-state index >= 15 is 0 Å². The van der Waals surface area contributed by atoms with Crippen LogP contribution in [0, 0.1) is 13.8 Å². The van der Waals surface area contributed by atoms with Gasteiger partial charge in [0, 0.05) is 16.8 Å². The predicted molar refractivity (Wildman–Crippen MR) is 113 cm³/mol. The Balaban J connectivity index is 1.61. The number of hydrogen-bond donors (Lipinski definition) is 2. The Hall–Kier alpha value is -2.98. The van der Waals surface area contributed by atoms with Crippen molar-refractivity contribution in [3.05, 3.63) is 89.0 Å². The Morgan fingerprint density at radius 1 is 0.769 bits per heavy atom. The third-order valence-electron chi connectivity index (χ3n) is 4.78. The van der Waals surface area contributed by atoms with Crippen LogP contribution in [-0.4, -0.2) is 10.8 Å². The minimum atomic E-state index is 0.480. The smallest absolute Gasteiger partial charge is 0.191 e. The van der Waals surface area contributed by atoms with Crippen LogP contribution in [0.4, 0.5) is 5.69 Å². The van der Waals surface area contributed by atoms with Gasteiger partial charge >= 0.3 is 0 Å². The van der Waals surface area contributed by atoms with Gasteiger partial charge in [0.15, 0.2) is 5.11 Å². The van der Waals surface area contributed by atoms with E-state index in [0.29, 0.717) is 5.11 Å². The van der Waals surface area contributed by atoms with Crippen molar-refractivity contribution in [2.45, 2.75) is 13.8 Å². The topological polar surface area (TPSA) is 36.4 Å². The second-order valence-electron chi connectivity index (χ2n) is 6.36. The zero-order valence-corrected chi connectivity index (χ0v) is 15.5. The molecule has 0 amide bonds. The molecule has 0 saturated carbocycles. The van der Waals surface area contributed by atoms with Gasteiger partial charge < -0.3 is 5.32 Å². The lowest BCUT2D eigenvalue weighted by atomic mass is 10.1. The number of thiocarbonyl (C=S) groups is 1. The van der Waals surface area contributed by atoms with Gasteiger partial charge in [-0.05, 0) is 54.4 Å². The van der Waals surface area contributed by atoms with Crippen LogP contribution in [0.25, 0.3) is 11.1 Å². The minimum Gasteiger partial charge on any atom is -0.331 e. The molecule has 26 heavy (non-hydrogen) atoms. The molecule has 0 heterocycles. The summed E-state index contributed by atoms with van der Waals surface area (Å²) in [5, 5.41) is 8.33. The van der Waals surface area contributed by atoms with Crippen molar-refractivity contribution in [3.8, 4) is 11.1 Å². The molecular weight excluding hydrogens is 338 g/mol. The highest BCUT2D eigenvalue weighted by Crippen LogP contribution is 2.36. The van der Waals surface area contributed by atoms with Crippen LogP contribution in [0.5, 0.6) is 0 Å². The van der Waals surface area contributed by atoms with Crippen LogP contribution in [0.1, 0.15) is 22.3 Å². The third-order valence-corrected chi connectivity index (χ3v) is 4.97. The lowest BCUT2D eigenvalue weighted by Crippen LogP contribution is -2.25. The van der Waals surface area contributed by atoms with Gasteiger partial charge in [-0.25, -0.2) is 0 Å². The molecule has 0 aliphatic heterocycles. The van der Waals surface area contributed by atoms with Crippen molar-refractivity contribution >= 4 is 28.7 Å². The molecule has 0 atom stereocenters. The van der Waals surface area contributed by atoms with Gasteiger partial charge in [-0.1, -0.05) is 60.7 Å². The molecule has 1 aliphatic rings. The molecule has 0 fully saturated rings. The third kappa shape index (κ3) is 2.89. The number of fused-ring (bicyclic) bond motifs is 3. The number of hydrazone groups is 1. The van der Waals surface area contributed by atoms with Gasteiger partial charge in [0.2, 0.25) is 0 Å². The Morgan fingerprint density at radius 2 is 1.35 bits per heavy atom. The van der Waals surface area contributed by atoms with E-state index < -0.39 is 0 Å². The Bertz CT molecular complexity index is 990. The maximum absolute atomic E-state index is 5.44. The first-order chi connectivity index (χ1) is 12.6. The number of rotatable bonds is 2. The first-order valence-corrected chi connectivity index (χ1v) is 8.96. The first-order valence-electron chi connectivity index (χ1n) is 8.55. The van der Waals surface area contributed by atoms with Crippen LogP contribution < -0.4 is 10.7 Å². The predicted octanol–water partition coefficient (Wildman–Crippen LogP) is 5.02. The second kappa shape index (κ2) is 6.73. The molecule has 0 radical (unpaired) electrons. The summed E-state index contributed by atoms with van der Waals surface area (Å²) in [4.78, 5) is 0. The Morgan fingerprint density at radius 3 is 1.96 bits per heavy atom. The number of aryl methyl sites for hydroxylation is 1. The molecule has 4 heteroatoms. The van der Waals surface area contributed by atoms with Crippen LogP contribution in [0.15, 0.2) is 71.8 Å². The standard InChI is InChI=1S/C22H19N3S/c1-14-8-7-13-20(15(14)2)23-22(26)25-24-21-18-11-5-3-9-16(18)17-10-4-6-12-19(17)21/h3-13H,1-2H3,(H2,23,25,26). The van der Waals surface area contributed by atoms with Crippen molar-refractivity contribution in [1.29, 1.82) is 0 Å². The molecule has 4 rings (SSSR count). The van der Waals surface area contributed by atoms with Crippen LogP contribution in [-0.2, 0) is 0 Å². The Kier molecular flexibility index (Phi) is 4.27. The highest BCUT2D eigenvalue weighted by molar-refractivity contribution is 7.80. The summed E-state index contributed by atoms with van der Waals surface area (Å²) in [7, 11) is 0. The molecule has 0 saturated heterocycles. The van der Waals surface area contributed by atoms with Gasteiger partial charge in [-0.3, -0.25) is 5.43 Å². The monoisotopic (exact) mass is 357 g/mol. The van der Waals surface area contributed by atoms with Crippen LogP contribution in [0.2, 0.25) is 0 Å². The number of benzene rings is 3. The quantitative estimate of drug-likeness (QED) is 0.390. The van der Waals surface area contributed by atoms with Gasteiger partial charge in [0.25, 0.3) is 0 Å². The zero-order valence-electron chi connectivity index (χ0n) is 14.7. The van der Waals surface area contributed by atoms with E-state index in [-0.39, 0.29) is 0 Å². The van der Waals surface area contributed by atoms with E-state index in [4.69, 9.17) is 12.2 Å². The molecule has 3 aromatic carbocycles. The molecule has 1 aliphatic carbocycles. The maximum atomic E-state index is 5.44. The molecule has 128 valence electrons. The van der Waals surface area contributed by atoms with E-state index in [1.165, 1.54) is 22.3 Å². The number of anilines is 1. The van der Waals surface area contributed by atoms with Crippen molar-refractivity contribution in [3.63, 3.8) is 0 Å². The highest BCUT2D eigenvalue weighted by atomic mass is 32.1. The maximum Gasteiger partial charge on any atom is 0.191 e. The van der Waals surface area contributed by atoms with Gasteiger partial charge in [-0.2, -0.15) is 5.10 Å². The average molecular weight is 357 g/mol. The fraction of sp³-hybridized carbons (Fsp3) is 0.0909. The number of nitrogens with one attached hydrogen (secondary N) is 2. The normalized spacial score (nSPS) is 11.5. The molecule has 0 bridgehead atoms. The van der Waals surface area contributed by atoms with Crippen molar-refractivity contribution in [1.82, 2.24) is 5.43 Å². The summed E-state index contributed by atoms with van der Waals surface area (Å²) in [6.45, 7) is 4.17. The fourth-order valence-corrected chi connectivity index (χ4v) is 3.41. The highest BCUT2D eigenvalue weighted by Gasteiger charge is 2.24. The van der Waals surface area contributed by atoms with Gasteiger partial charge in [-0.15, -0.1) is 0 Å². The van der Waals surface area contributed by atoms with E-state index in [9.17, 15) is 0 Å². The molecule has 2 N–H and O–H groups in total. The Labute approximate surface area is 158 Å². The molecule has 3 nitrogen and oxygen atoms in total. The largest absolute Gasteiger partial charge is 0.331 e.